The molecule has 2 aromatic carbocycles. The van der Waals surface area contributed by atoms with Gasteiger partial charge in [-0.1, -0.05) is 18.2 Å². The van der Waals surface area contributed by atoms with Crippen LogP contribution in [0, 0.1) is 10.1 Å². The van der Waals surface area contributed by atoms with Gasteiger partial charge in [0.05, 0.1) is 12.0 Å². The van der Waals surface area contributed by atoms with Crippen LogP contribution in [0.2, 0.25) is 0 Å². The Morgan fingerprint density at radius 2 is 2.07 bits per heavy atom. The fraction of sp³-hybridized carbons (Fsp3) is 0.158. The number of para-hydroxylation sites is 1. The van der Waals surface area contributed by atoms with Crippen LogP contribution in [0.25, 0.3) is 0 Å². The van der Waals surface area contributed by atoms with E-state index in [2.05, 4.69) is 10.3 Å². The van der Waals surface area contributed by atoms with Crippen molar-refractivity contribution in [3.05, 3.63) is 81.9 Å². The number of nitrogens with zero attached hydrogens (tertiary/aromatic N) is 3. The number of amides is 1. The van der Waals surface area contributed by atoms with Gasteiger partial charge in [-0.15, -0.1) is 0 Å². The maximum absolute atomic E-state index is 12.9. The fourth-order valence-corrected chi connectivity index (χ4v) is 2.90. The number of hydrogen-bond acceptors (Lipinski definition) is 6. The van der Waals surface area contributed by atoms with E-state index in [0.717, 1.165) is 6.07 Å². The summed E-state index contributed by atoms with van der Waals surface area (Å²) in [6.07, 6.45) is 3.38. The van der Waals surface area contributed by atoms with Gasteiger partial charge >= 0.3 is 0 Å². The van der Waals surface area contributed by atoms with Crippen LogP contribution in [0.5, 0.6) is 5.75 Å². The molecule has 0 saturated carbocycles. The van der Waals surface area contributed by atoms with Crippen molar-refractivity contribution in [3.63, 3.8) is 0 Å². The molecule has 0 aliphatic heterocycles. The molecule has 1 heterocycles. The molecule has 0 spiro atoms. The van der Waals surface area contributed by atoms with Gasteiger partial charge in [-0.2, -0.15) is 0 Å². The van der Waals surface area contributed by atoms with E-state index in [-0.39, 0.29) is 16.9 Å². The summed E-state index contributed by atoms with van der Waals surface area (Å²) >= 11 is 0. The number of anilines is 1. The summed E-state index contributed by atoms with van der Waals surface area (Å²) in [6.45, 7) is 0. The lowest BCUT2D eigenvalue weighted by atomic mass is 10.0. The van der Waals surface area contributed by atoms with E-state index in [1.54, 1.807) is 30.1 Å². The zero-order valence-corrected chi connectivity index (χ0v) is 15.3. The van der Waals surface area contributed by atoms with Crippen LogP contribution in [-0.4, -0.2) is 27.5 Å². The quantitative estimate of drug-likeness (QED) is 0.384. The Morgan fingerprint density at radius 1 is 1.32 bits per heavy atom. The van der Waals surface area contributed by atoms with Crippen molar-refractivity contribution in [1.29, 1.82) is 0 Å². The Bertz CT molecular complexity index is 1030. The van der Waals surface area contributed by atoms with Gasteiger partial charge in [-0.05, 0) is 18.2 Å². The van der Waals surface area contributed by atoms with E-state index in [1.165, 1.54) is 12.1 Å². The molecule has 0 radical (unpaired) electrons. The van der Waals surface area contributed by atoms with Gasteiger partial charge in [-0.3, -0.25) is 14.9 Å². The lowest BCUT2D eigenvalue weighted by Gasteiger charge is -2.21. The molecule has 9 nitrogen and oxygen atoms in total. The number of ether oxygens (including phenoxy) is 1. The summed E-state index contributed by atoms with van der Waals surface area (Å²) in [7, 11) is 3.35. The molecule has 3 N–H and O–H groups in total. The highest BCUT2D eigenvalue weighted by Gasteiger charge is 2.25. The van der Waals surface area contributed by atoms with Crippen molar-refractivity contribution >= 4 is 17.3 Å². The number of carbonyl (C=O) groups is 1. The van der Waals surface area contributed by atoms with Gasteiger partial charge in [0, 0.05) is 36.6 Å². The van der Waals surface area contributed by atoms with Crippen molar-refractivity contribution in [2.24, 2.45) is 7.05 Å². The summed E-state index contributed by atoms with van der Waals surface area (Å²) in [5.74, 6) is 0.670. The van der Waals surface area contributed by atoms with Crippen molar-refractivity contribution in [3.8, 4) is 5.75 Å². The second-order valence-electron chi connectivity index (χ2n) is 6.08. The number of rotatable bonds is 6. The first-order valence-electron chi connectivity index (χ1n) is 8.37. The van der Waals surface area contributed by atoms with Gasteiger partial charge in [-0.25, -0.2) is 4.98 Å². The van der Waals surface area contributed by atoms with Gasteiger partial charge in [0.1, 0.15) is 23.3 Å². The summed E-state index contributed by atoms with van der Waals surface area (Å²) in [5.41, 5.74) is 6.11. The van der Waals surface area contributed by atoms with Crippen molar-refractivity contribution in [2.75, 3.05) is 12.8 Å². The average molecular weight is 381 g/mol. The molecule has 28 heavy (non-hydrogen) atoms. The summed E-state index contributed by atoms with van der Waals surface area (Å²) in [4.78, 5) is 27.7. The van der Waals surface area contributed by atoms with Gasteiger partial charge < -0.3 is 20.4 Å². The number of nitrogen functional groups attached to an aromatic ring is 1. The van der Waals surface area contributed by atoms with Gasteiger partial charge in [0.15, 0.2) is 0 Å². The standard InChI is InChI=1S/C19H19N5O4/c1-23-10-9-21-18(23)17(13-5-3-4-6-16(13)28-2)22-19(25)12-7-8-14(20)15(11-12)24(26)27/h3-11,17H,20H2,1-2H3,(H,22,25). The van der Waals surface area contributed by atoms with E-state index in [0.29, 0.717) is 17.1 Å². The summed E-state index contributed by atoms with van der Waals surface area (Å²) in [5, 5.41) is 14.0. The third-order valence-electron chi connectivity index (χ3n) is 4.33. The van der Waals surface area contributed by atoms with Crippen LogP contribution in [0.4, 0.5) is 11.4 Å². The van der Waals surface area contributed by atoms with Crippen LogP contribution >= 0.6 is 0 Å². The monoisotopic (exact) mass is 381 g/mol. The predicted molar refractivity (Wildman–Crippen MR) is 103 cm³/mol. The Morgan fingerprint density at radius 3 is 2.71 bits per heavy atom. The first-order chi connectivity index (χ1) is 13.4. The van der Waals surface area contributed by atoms with E-state index in [1.807, 2.05) is 25.2 Å². The smallest absolute Gasteiger partial charge is 0.292 e. The minimum atomic E-state index is -0.625. The van der Waals surface area contributed by atoms with E-state index in [4.69, 9.17) is 10.5 Å². The molecule has 1 unspecified atom stereocenters. The van der Waals surface area contributed by atoms with Crippen LogP contribution in [0.15, 0.2) is 54.9 Å². The minimum absolute atomic E-state index is 0.00747. The average Bonchev–Trinajstić information content (AvgIpc) is 3.11. The number of carbonyl (C=O) groups excluding carboxylic acids is 1. The van der Waals surface area contributed by atoms with Gasteiger partial charge in [0.25, 0.3) is 11.6 Å². The molecule has 0 saturated heterocycles. The zero-order chi connectivity index (χ0) is 20.3. The van der Waals surface area contributed by atoms with E-state index in [9.17, 15) is 14.9 Å². The SMILES string of the molecule is COc1ccccc1C(NC(=O)c1ccc(N)c([N+](=O)[O-])c1)c1nccn1C. The zero-order valence-electron chi connectivity index (χ0n) is 15.3. The number of nitro groups is 1. The topological polar surface area (TPSA) is 125 Å². The number of nitrogens with two attached hydrogens (primary N) is 1. The molecule has 0 bridgehead atoms. The van der Waals surface area contributed by atoms with Crippen molar-refractivity contribution < 1.29 is 14.5 Å². The first kappa shape index (κ1) is 18.9. The summed E-state index contributed by atoms with van der Waals surface area (Å²) in [6, 6.07) is 10.6. The maximum Gasteiger partial charge on any atom is 0.292 e. The molecule has 1 amide bonds. The van der Waals surface area contributed by atoms with Crippen LogP contribution in [0.1, 0.15) is 27.8 Å². The molecule has 3 aromatic rings. The van der Waals surface area contributed by atoms with Crippen LogP contribution in [0.3, 0.4) is 0 Å². The largest absolute Gasteiger partial charge is 0.496 e. The highest BCUT2D eigenvalue weighted by Crippen LogP contribution is 2.30. The second kappa shape index (κ2) is 7.78. The Labute approximate surface area is 160 Å². The van der Waals surface area contributed by atoms with Gasteiger partial charge in [0.2, 0.25) is 0 Å². The molecule has 0 fully saturated rings. The van der Waals surface area contributed by atoms with E-state index < -0.39 is 16.9 Å². The predicted octanol–water partition coefficient (Wildman–Crippen LogP) is 2.44. The van der Waals surface area contributed by atoms with Crippen molar-refractivity contribution in [2.45, 2.75) is 6.04 Å². The molecule has 0 aliphatic carbocycles. The van der Waals surface area contributed by atoms with E-state index >= 15 is 0 Å². The van der Waals surface area contributed by atoms with Crippen molar-refractivity contribution in [1.82, 2.24) is 14.9 Å². The molecular formula is C19H19N5O4. The fourth-order valence-electron chi connectivity index (χ4n) is 2.90. The minimum Gasteiger partial charge on any atom is -0.496 e. The Kier molecular flexibility index (Phi) is 5.25. The number of hydrogen-bond donors (Lipinski definition) is 2. The number of aromatic nitrogens is 2. The molecule has 9 heteroatoms. The number of benzene rings is 2. The molecule has 144 valence electrons. The number of imidazole rings is 1. The number of nitro benzene ring substituents is 1. The molecule has 1 aromatic heterocycles. The van der Waals surface area contributed by atoms with Crippen LogP contribution < -0.4 is 15.8 Å². The highest BCUT2D eigenvalue weighted by atomic mass is 16.6. The molecular weight excluding hydrogens is 362 g/mol. The maximum atomic E-state index is 12.9. The number of aryl methyl sites for hydroxylation is 1. The Hall–Kier alpha value is -3.88. The third-order valence-corrected chi connectivity index (χ3v) is 4.33. The third kappa shape index (κ3) is 3.63. The lowest BCUT2D eigenvalue weighted by molar-refractivity contribution is -0.383. The Balaban J connectivity index is 2.01. The van der Waals surface area contributed by atoms with Crippen LogP contribution in [-0.2, 0) is 7.05 Å². The second-order valence-corrected chi connectivity index (χ2v) is 6.08. The normalized spacial score (nSPS) is 11.6. The molecule has 1 atom stereocenters. The molecule has 0 aliphatic rings. The lowest BCUT2D eigenvalue weighted by Crippen LogP contribution is -2.31. The number of methoxy groups -OCH3 is 1. The molecule has 3 rings (SSSR count). The summed E-state index contributed by atoms with van der Waals surface area (Å²) < 4.78 is 7.20. The number of nitrogens with one attached hydrogen (secondary N) is 1. The first-order valence-corrected chi connectivity index (χ1v) is 8.37. The highest BCUT2D eigenvalue weighted by molar-refractivity contribution is 5.96.